The summed E-state index contributed by atoms with van der Waals surface area (Å²) in [6, 6.07) is 20.7. The van der Waals surface area contributed by atoms with Gasteiger partial charge in [0.15, 0.2) is 0 Å². The van der Waals surface area contributed by atoms with E-state index in [0.29, 0.717) is 11.3 Å². The summed E-state index contributed by atoms with van der Waals surface area (Å²) in [5.41, 5.74) is 5.25. The predicted octanol–water partition coefficient (Wildman–Crippen LogP) is 11.5. The summed E-state index contributed by atoms with van der Waals surface area (Å²) in [6.45, 7) is 32.0. The number of nitrogens with one attached hydrogen (secondary N) is 1. The maximum Gasteiger partial charge on any atom is 2.00 e. The fourth-order valence-electron chi connectivity index (χ4n) is 5.64. The van der Waals surface area contributed by atoms with E-state index in [2.05, 4.69) is 137 Å². The van der Waals surface area contributed by atoms with Gasteiger partial charge < -0.3 is 15.3 Å². The number of para-hydroxylation sites is 1. The molecule has 0 heterocycles. The standard InChI is InChI=1S/C20H28N2P.C14H34N2PSi.Co/c1-17(2)23(18(3)4,22-20-13-9-6-10-14-20)16-15-21-19-11-7-5-8-12-19;1-12(2)17(13(3)4)11-10-15-18(8,9)16-14(5,6)7;/h5-14,17-18H,15-16H2,1-4H3;12-13,16H,10-11H2,1-9H3;/q2*-1;+2/p+1. The van der Waals surface area contributed by atoms with Crippen LogP contribution in [0.25, 0.3) is 10.3 Å². The van der Waals surface area contributed by atoms with Crippen LogP contribution in [0.1, 0.15) is 76.2 Å². The number of hydrogen-bond acceptors (Lipinski definition) is 2. The van der Waals surface area contributed by atoms with E-state index in [0.717, 1.165) is 41.9 Å². The average molecular weight is 677 g/mol. The largest absolute Gasteiger partial charge is 2.00 e. The second-order valence-electron chi connectivity index (χ2n) is 13.9. The normalized spacial score (nSPS) is 12.4. The predicted molar refractivity (Wildman–Crippen MR) is 197 cm³/mol. The van der Waals surface area contributed by atoms with Crippen LogP contribution >= 0.6 is 15.0 Å². The summed E-state index contributed by atoms with van der Waals surface area (Å²) in [7, 11) is -3.29. The molecule has 241 valence electrons. The Balaban J connectivity index is 0.000000808. The van der Waals surface area contributed by atoms with E-state index in [1.165, 1.54) is 6.16 Å². The summed E-state index contributed by atoms with van der Waals surface area (Å²) in [6.07, 6.45) is 2.41. The third kappa shape index (κ3) is 16.0. The molecule has 0 aliphatic rings. The second-order valence-corrected chi connectivity index (χ2v) is 26.0. The van der Waals surface area contributed by atoms with Crippen LogP contribution in [0.15, 0.2) is 65.4 Å². The summed E-state index contributed by atoms with van der Waals surface area (Å²) >= 11 is 0. The van der Waals surface area contributed by atoms with Crippen molar-refractivity contribution in [1.29, 1.82) is 0 Å². The van der Waals surface area contributed by atoms with Crippen molar-refractivity contribution >= 4 is 34.7 Å². The molecule has 1 N–H and O–H groups in total. The van der Waals surface area contributed by atoms with E-state index >= 15 is 0 Å². The van der Waals surface area contributed by atoms with Crippen molar-refractivity contribution in [1.82, 2.24) is 4.98 Å². The van der Waals surface area contributed by atoms with Crippen LogP contribution in [0.4, 0.5) is 11.4 Å². The van der Waals surface area contributed by atoms with E-state index in [4.69, 9.17) is 15.0 Å². The molecule has 2 aromatic carbocycles. The summed E-state index contributed by atoms with van der Waals surface area (Å²) in [5, 5.41) is 4.77. The molecule has 0 aliphatic heterocycles. The third-order valence-corrected chi connectivity index (χ3v) is 18.7. The molecule has 4 nitrogen and oxygen atoms in total. The molecule has 0 atom stereocenters. The molecule has 0 spiro atoms. The third-order valence-electron chi connectivity index (χ3n) is 7.43. The smallest absolute Gasteiger partial charge is 0.684 e. The van der Waals surface area contributed by atoms with Crippen molar-refractivity contribution in [2.45, 2.75) is 117 Å². The maximum atomic E-state index is 5.27. The molecule has 0 fully saturated rings. The zero-order chi connectivity index (χ0) is 31.3. The Kier molecular flexibility index (Phi) is 19.6. The number of nitrogens with zero attached hydrogens (tertiary/aromatic N) is 3. The van der Waals surface area contributed by atoms with Crippen LogP contribution in [0.5, 0.6) is 0 Å². The second kappa shape index (κ2) is 19.8. The van der Waals surface area contributed by atoms with Gasteiger partial charge in [0.2, 0.25) is 0 Å². The summed E-state index contributed by atoms with van der Waals surface area (Å²) < 4.78 is 5.27. The van der Waals surface area contributed by atoms with Crippen molar-refractivity contribution in [3.8, 4) is 0 Å². The molecule has 0 saturated carbocycles. The Morgan fingerprint density at radius 1 is 0.786 bits per heavy atom. The number of hydrogen-bond donors (Lipinski definition) is 1. The molecule has 2 aromatic rings. The van der Waals surface area contributed by atoms with Gasteiger partial charge in [0.25, 0.3) is 0 Å². The van der Waals surface area contributed by atoms with Gasteiger partial charge in [0, 0.05) is 28.0 Å². The minimum atomic E-state index is -1.58. The first-order chi connectivity index (χ1) is 19.0. The molecule has 0 bridgehead atoms. The van der Waals surface area contributed by atoms with Crippen LogP contribution in [-0.4, -0.2) is 62.0 Å². The van der Waals surface area contributed by atoms with E-state index in [1.807, 2.05) is 18.2 Å². The first-order valence-electron chi connectivity index (χ1n) is 15.7. The molecule has 8 heteroatoms. The van der Waals surface area contributed by atoms with E-state index in [9.17, 15) is 0 Å². The van der Waals surface area contributed by atoms with Gasteiger partial charge in [-0.1, -0.05) is 89.3 Å². The Morgan fingerprint density at radius 2 is 1.26 bits per heavy atom. The molecule has 0 unspecified atom stereocenters. The minimum Gasteiger partial charge on any atom is -0.684 e. The molecular formula is C34H63CoN4P2Si+. The van der Waals surface area contributed by atoms with Gasteiger partial charge in [-0.15, -0.1) is 18.8 Å². The van der Waals surface area contributed by atoms with E-state index in [-0.39, 0.29) is 30.2 Å². The Labute approximate surface area is 274 Å². The first-order valence-corrected chi connectivity index (χ1v) is 22.6. The van der Waals surface area contributed by atoms with Crippen LogP contribution < -0.4 is 4.98 Å². The van der Waals surface area contributed by atoms with Crippen LogP contribution in [0, 0.1) is 0 Å². The van der Waals surface area contributed by atoms with Gasteiger partial charge in [-0.05, 0) is 85.1 Å². The van der Waals surface area contributed by atoms with Gasteiger partial charge in [-0.3, -0.25) is 4.74 Å². The topological polar surface area (TPSA) is 52.6 Å². The van der Waals surface area contributed by atoms with Crippen LogP contribution in [0.3, 0.4) is 0 Å². The Bertz CT molecular complexity index is 1000. The van der Waals surface area contributed by atoms with Gasteiger partial charge in [-0.2, -0.15) is 0 Å². The molecule has 1 radical (unpaired) electrons. The quantitative estimate of drug-likeness (QED) is 0.157. The fourth-order valence-corrected chi connectivity index (χ4v) is 15.1. The van der Waals surface area contributed by atoms with Gasteiger partial charge in [-0.25, -0.2) is 0 Å². The molecule has 2 rings (SSSR count). The zero-order valence-electron chi connectivity index (χ0n) is 29.0. The van der Waals surface area contributed by atoms with Gasteiger partial charge >= 0.3 is 16.8 Å². The van der Waals surface area contributed by atoms with Crippen molar-refractivity contribution in [3.63, 3.8) is 0 Å². The van der Waals surface area contributed by atoms with Gasteiger partial charge in [0.05, 0.1) is 17.0 Å². The fraction of sp³-hybridized carbons (Fsp3) is 0.647. The SMILES string of the molecule is CC(C)P(CC[N-]c1ccccc1)(=Nc1ccccc1)C(C)C.CC(C)[PH+](CC[N-][Si](C)(C)NC(C)(C)C)C(C)C.[Co+2]. The van der Waals surface area contributed by atoms with E-state index < -0.39 is 15.5 Å². The van der Waals surface area contributed by atoms with Crippen molar-refractivity contribution in [2.75, 3.05) is 25.4 Å². The van der Waals surface area contributed by atoms with Crippen molar-refractivity contribution in [3.05, 3.63) is 71.0 Å². The first kappa shape index (κ1) is 41.5. The summed E-state index contributed by atoms with van der Waals surface area (Å²) in [5.74, 6) is 0. The number of rotatable bonds is 14. The minimum absolute atomic E-state index is 0. The zero-order valence-corrected chi connectivity index (χ0v) is 33.0. The van der Waals surface area contributed by atoms with Crippen LogP contribution in [0.2, 0.25) is 13.1 Å². The molecule has 0 aliphatic carbocycles. The van der Waals surface area contributed by atoms with Crippen molar-refractivity contribution < 1.29 is 16.8 Å². The molecule has 42 heavy (non-hydrogen) atoms. The number of benzene rings is 2. The van der Waals surface area contributed by atoms with Gasteiger partial charge in [0.1, 0.15) is 0 Å². The summed E-state index contributed by atoms with van der Waals surface area (Å²) in [4.78, 5) is 8.71. The molecular weight excluding hydrogens is 613 g/mol. The molecule has 0 saturated heterocycles. The Morgan fingerprint density at radius 3 is 1.69 bits per heavy atom. The Hall–Kier alpha value is -0.457. The average Bonchev–Trinajstić information content (AvgIpc) is 2.85. The molecule has 0 aromatic heterocycles. The van der Waals surface area contributed by atoms with Crippen LogP contribution in [-0.2, 0) is 16.8 Å². The molecule has 0 amide bonds. The van der Waals surface area contributed by atoms with Crippen molar-refractivity contribution in [2.24, 2.45) is 4.74 Å². The maximum absolute atomic E-state index is 5.27. The monoisotopic (exact) mass is 676 g/mol. The van der Waals surface area contributed by atoms with E-state index in [1.54, 1.807) is 0 Å².